The number of hydrogen-bond acceptors (Lipinski definition) is 1. The van der Waals surface area contributed by atoms with Gasteiger partial charge in [0.05, 0.1) is 10.7 Å². The fourth-order valence-corrected chi connectivity index (χ4v) is 1.99. The van der Waals surface area contributed by atoms with E-state index in [1.807, 2.05) is 43.3 Å². The summed E-state index contributed by atoms with van der Waals surface area (Å²) < 4.78 is 0. The molecular weight excluding hydrogens is 246 g/mol. The monoisotopic (exact) mass is 259 g/mol. The lowest BCUT2D eigenvalue weighted by molar-refractivity contribution is 0.102. The minimum absolute atomic E-state index is 0.124. The van der Waals surface area contributed by atoms with Gasteiger partial charge in [0.2, 0.25) is 0 Å². The van der Waals surface area contributed by atoms with Crippen LogP contribution >= 0.6 is 11.6 Å². The number of carbonyl (C=O) groups excluding carboxylic acids is 1. The van der Waals surface area contributed by atoms with E-state index in [2.05, 4.69) is 5.32 Å². The van der Waals surface area contributed by atoms with Crippen LogP contribution in [0.1, 0.15) is 22.8 Å². The highest BCUT2D eigenvalue weighted by Gasteiger charge is 2.10. The molecule has 0 spiro atoms. The Morgan fingerprint density at radius 3 is 2.50 bits per heavy atom. The van der Waals surface area contributed by atoms with Crippen molar-refractivity contribution in [3.05, 3.63) is 64.7 Å². The molecule has 2 rings (SSSR count). The van der Waals surface area contributed by atoms with E-state index in [4.69, 9.17) is 11.6 Å². The summed E-state index contributed by atoms with van der Waals surface area (Å²) in [5, 5.41) is 3.37. The highest BCUT2D eigenvalue weighted by atomic mass is 35.5. The molecule has 0 aromatic heterocycles. The molecule has 0 aliphatic rings. The van der Waals surface area contributed by atoms with Crippen molar-refractivity contribution < 1.29 is 4.79 Å². The maximum absolute atomic E-state index is 12.2. The number of carbonyl (C=O) groups is 1. The zero-order chi connectivity index (χ0) is 13.0. The molecule has 3 heteroatoms. The van der Waals surface area contributed by atoms with Gasteiger partial charge in [-0.3, -0.25) is 4.79 Å². The van der Waals surface area contributed by atoms with Crippen LogP contribution in [0, 0.1) is 0 Å². The van der Waals surface area contributed by atoms with Crippen molar-refractivity contribution in [1.82, 2.24) is 0 Å². The molecule has 92 valence electrons. The van der Waals surface area contributed by atoms with Crippen LogP contribution in [0.5, 0.6) is 0 Å². The van der Waals surface area contributed by atoms with Gasteiger partial charge in [-0.2, -0.15) is 0 Å². The molecule has 18 heavy (non-hydrogen) atoms. The maximum atomic E-state index is 12.2. The second-order valence-electron chi connectivity index (χ2n) is 3.94. The molecule has 0 unspecified atom stereocenters. The molecular formula is C15H14ClNO. The Morgan fingerprint density at radius 1 is 1.11 bits per heavy atom. The van der Waals surface area contributed by atoms with E-state index in [1.54, 1.807) is 12.1 Å². The largest absolute Gasteiger partial charge is 0.321 e. The fraction of sp³-hybridized carbons (Fsp3) is 0.133. The van der Waals surface area contributed by atoms with Gasteiger partial charge in [-0.1, -0.05) is 48.9 Å². The molecule has 0 saturated carbocycles. The Morgan fingerprint density at radius 2 is 1.78 bits per heavy atom. The third-order valence-corrected chi connectivity index (χ3v) is 3.09. The van der Waals surface area contributed by atoms with Gasteiger partial charge in [0.25, 0.3) is 5.91 Å². The van der Waals surface area contributed by atoms with Crippen molar-refractivity contribution in [2.45, 2.75) is 13.3 Å². The lowest BCUT2D eigenvalue weighted by atomic mass is 10.0. The van der Waals surface area contributed by atoms with Gasteiger partial charge in [-0.25, -0.2) is 0 Å². The summed E-state index contributed by atoms with van der Waals surface area (Å²) in [5.41, 5.74) is 2.36. The SMILES string of the molecule is CCc1ccccc1C(=O)Nc1ccccc1Cl. The number of para-hydroxylation sites is 1. The number of halogens is 1. The van der Waals surface area contributed by atoms with Crippen molar-refractivity contribution in [2.75, 3.05) is 5.32 Å². The van der Waals surface area contributed by atoms with Crippen molar-refractivity contribution in [3.63, 3.8) is 0 Å². The standard InChI is InChI=1S/C15H14ClNO/c1-2-11-7-3-4-8-12(11)15(18)17-14-10-6-5-9-13(14)16/h3-10H,2H2,1H3,(H,17,18). The number of benzene rings is 2. The van der Waals surface area contributed by atoms with Crippen LogP contribution in [0.25, 0.3) is 0 Å². The predicted molar refractivity (Wildman–Crippen MR) is 75.2 cm³/mol. The van der Waals surface area contributed by atoms with E-state index in [0.717, 1.165) is 12.0 Å². The molecule has 0 saturated heterocycles. The second-order valence-corrected chi connectivity index (χ2v) is 4.35. The summed E-state index contributed by atoms with van der Waals surface area (Å²) in [6.07, 6.45) is 0.826. The Bertz CT molecular complexity index is 566. The van der Waals surface area contributed by atoms with Crippen LogP contribution in [-0.4, -0.2) is 5.91 Å². The first-order valence-electron chi connectivity index (χ1n) is 5.86. The highest BCUT2D eigenvalue weighted by molar-refractivity contribution is 6.33. The number of nitrogens with one attached hydrogen (secondary N) is 1. The van der Waals surface area contributed by atoms with Gasteiger partial charge in [0.15, 0.2) is 0 Å². The lowest BCUT2D eigenvalue weighted by Crippen LogP contribution is -2.14. The molecule has 0 fully saturated rings. The Kier molecular flexibility index (Phi) is 4.00. The van der Waals surface area contributed by atoms with Crippen LogP contribution in [0.15, 0.2) is 48.5 Å². The van der Waals surface area contributed by atoms with Gasteiger partial charge in [0.1, 0.15) is 0 Å². The first kappa shape index (κ1) is 12.7. The third-order valence-electron chi connectivity index (χ3n) is 2.76. The molecule has 0 heterocycles. The van der Waals surface area contributed by atoms with E-state index in [-0.39, 0.29) is 5.91 Å². The molecule has 0 radical (unpaired) electrons. The molecule has 2 nitrogen and oxygen atoms in total. The van der Waals surface area contributed by atoms with Crippen molar-refractivity contribution >= 4 is 23.2 Å². The van der Waals surface area contributed by atoms with Gasteiger partial charge in [-0.15, -0.1) is 0 Å². The normalized spacial score (nSPS) is 10.1. The highest BCUT2D eigenvalue weighted by Crippen LogP contribution is 2.21. The summed E-state index contributed by atoms with van der Waals surface area (Å²) in [6.45, 7) is 2.03. The zero-order valence-corrected chi connectivity index (χ0v) is 10.9. The molecule has 2 aromatic carbocycles. The number of anilines is 1. The lowest BCUT2D eigenvalue weighted by Gasteiger charge is -2.09. The summed E-state index contributed by atoms with van der Waals surface area (Å²) in [4.78, 5) is 12.2. The third kappa shape index (κ3) is 2.71. The second kappa shape index (κ2) is 5.69. The number of rotatable bonds is 3. The van der Waals surface area contributed by atoms with E-state index in [9.17, 15) is 4.79 Å². The van der Waals surface area contributed by atoms with E-state index >= 15 is 0 Å². The smallest absolute Gasteiger partial charge is 0.255 e. The maximum Gasteiger partial charge on any atom is 0.255 e. The number of amides is 1. The molecule has 0 atom stereocenters. The minimum Gasteiger partial charge on any atom is -0.321 e. The van der Waals surface area contributed by atoms with Crippen molar-refractivity contribution in [2.24, 2.45) is 0 Å². The summed E-state index contributed by atoms with van der Waals surface area (Å²) in [7, 11) is 0. The van der Waals surface area contributed by atoms with Crippen LogP contribution in [0.3, 0.4) is 0 Å². The fourth-order valence-electron chi connectivity index (χ4n) is 1.80. The van der Waals surface area contributed by atoms with Crippen molar-refractivity contribution in [3.8, 4) is 0 Å². The number of aryl methyl sites for hydroxylation is 1. The molecule has 0 bridgehead atoms. The zero-order valence-electron chi connectivity index (χ0n) is 10.1. The van der Waals surface area contributed by atoms with Gasteiger partial charge < -0.3 is 5.32 Å². The molecule has 0 aliphatic heterocycles. The van der Waals surface area contributed by atoms with E-state index in [1.165, 1.54) is 0 Å². The molecule has 2 aromatic rings. The Balaban J connectivity index is 2.25. The van der Waals surface area contributed by atoms with Gasteiger partial charge in [0, 0.05) is 5.56 Å². The quantitative estimate of drug-likeness (QED) is 0.881. The first-order valence-corrected chi connectivity index (χ1v) is 6.24. The topological polar surface area (TPSA) is 29.1 Å². The Labute approximate surface area is 112 Å². The molecule has 1 N–H and O–H groups in total. The molecule has 1 amide bonds. The van der Waals surface area contributed by atoms with Crippen LogP contribution in [0.2, 0.25) is 5.02 Å². The average molecular weight is 260 g/mol. The van der Waals surface area contributed by atoms with E-state index in [0.29, 0.717) is 16.3 Å². The van der Waals surface area contributed by atoms with Gasteiger partial charge in [-0.05, 0) is 30.2 Å². The summed E-state index contributed by atoms with van der Waals surface area (Å²) in [6, 6.07) is 14.8. The van der Waals surface area contributed by atoms with Gasteiger partial charge >= 0.3 is 0 Å². The Hall–Kier alpha value is -1.80. The molecule has 0 aliphatic carbocycles. The number of hydrogen-bond donors (Lipinski definition) is 1. The van der Waals surface area contributed by atoms with E-state index < -0.39 is 0 Å². The van der Waals surface area contributed by atoms with Crippen LogP contribution in [-0.2, 0) is 6.42 Å². The van der Waals surface area contributed by atoms with Crippen LogP contribution < -0.4 is 5.32 Å². The summed E-state index contributed by atoms with van der Waals surface area (Å²) >= 11 is 6.01. The minimum atomic E-state index is -0.124. The average Bonchev–Trinajstić information content (AvgIpc) is 2.41. The van der Waals surface area contributed by atoms with Crippen molar-refractivity contribution in [1.29, 1.82) is 0 Å². The first-order chi connectivity index (χ1) is 8.72. The summed E-state index contributed by atoms with van der Waals surface area (Å²) in [5.74, 6) is -0.124. The van der Waals surface area contributed by atoms with Crippen LogP contribution in [0.4, 0.5) is 5.69 Å². The predicted octanol–water partition coefficient (Wildman–Crippen LogP) is 4.15.